The quantitative estimate of drug-likeness (QED) is 0.851. The molecule has 2 rings (SSSR count). The van der Waals surface area contributed by atoms with Gasteiger partial charge in [-0.2, -0.15) is 5.10 Å². The van der Waals surface area contributed by atoms with Gasteiger partial charge in [-0.05, 0) is 25.7 Å². The normalized spacial score (nSPS) is 21.8. The van der Waals surface area contributed by atoms with Crippen molar-refractivity contribution in [1.29, 1.82) is 0 Å². The second-order valence-corrected chi connectivity index (χ2v) is 4.40. The fourth-order valence-electron chi connectivity index (χ4n) is 2.18. The first-order valence-corrected chi connectivity index (χ1v) is 6.16. The van der Waals surface area contributed by atoms with Crippen molar-refractivity contribution in [3.05, 3.63) is 11.9 Å². The number of hydrogen-bond acceptors (Lipinski definition) is 3. The molecule has 1 aliphatic heterocycles. The molecule has 0 spiro atoms. The van der Waals surface area contributed by atoms with Crippen LogP contribution in [0.3, 0.4) is 0 Å². The van der Waals surface area contributed by atoms with E-state index in [4.69, 9.17) is 4.74 Å². The zero-order valence-electron chi connectivity index (χ0n) is 10.2. The SMILES string of the molecule is CCc1nn(C)cc1NC1CCCOCC1. The van der Waals surface area contributed by atoms with Crippen LogP contribution in [-0.4, -0.2) is 29.0 Å². The molecule has 0 radical (unpaired) electrons. The predicted molar refractivity (Wildman–Crippen MR) is 64.7 cm³/mol. The minimum Gasteiger partial charge on any atom is -0.381 e. The van der Waals surface area contributed by atoms with Crippen LogP contribution in [0.2, 0.25) is 0 Å². The molecule has 0 amide bonds. The van der Waals surface area contributed by atoms with Crippen molar-refractivity contribution < 1.29 is 4.74 Å². The van der Waals surface area contributed by atoms with Gasteiger partial charge >= 0.3 is 0 Å². The lowest BCUT2D eigenvalue weighted by molar-refractivity contribution is 0.144. The van der Waals surface area contributed by atoms with Gasteiger partial charge in [0.15, 0.2) is 0 Å². The van der Waals surface area contributed by atoms with Gasteiger partial charge in [-0.25, -0.2) is 0 Å². The van der Waals surface area contributed by atoms with Gasteiger partial charge in [0.1, 0.15) is 0 Å². The molecule has 1 N–H and O–H groups in total. The Labute approximate surface area is 97.0 Å². The number of nitrogens with one attached hydrogen (secondary N) is 1. The minimum absolute atomic E-state index is 0.539. The maximum atomic E-state index is 5.46. The lowest BCUT2D eigenvalue weighted by Gasteiger charge is -2.16. The van der Waals surface area contributed by atoms with E-state index < -0.39 is 0 Å². The highest BCUT2D eigenvalue weighted by atomic mass is 16.5. The van der Waals surface area contributed by atoms with Crippen molar-refractivity contribution in [2.45, 2.75) is 38.6 Å². The van der Waals surface area contributed by atoms with E-state index in [0.29, 0.717) is 6.04 Å². The summed E-state index contributed by atoms with van der Waals surface area (Å²) in [6, 6.07) is 0.539. The van der Waals surface area contributed by atoms with Gasteiger partial charge in [0.05, 0.1) is 11.4 Å². The summed E-state index contributed by atoms with van der Waals surface area (Å²) in [4.78, 5) is 0. The molecule has 1 aliphatic rings. The van der Waals surface area contributed by atoms with Crippen molar-refractivity contribution in [3.8, 4) is 0 Å². The zero-order chi connectivity index (χ0) is 11.4. The maximum absolute atomic E-state index is 5.46. The van der Waals surface area contributed by atoms with E-state index in [9.17, 15) is 0 Å². The third-order valence-corrected chi connectivity index (χ3v) is 3.05. The average molecular weight is 223 g/mol. The fourth-order valence-corrected chi connectivity index (χ4v) is 2.18. The van der Waals surface area contributed by atoms with Crippen LogP contribution in [0.1, 0.15) is 31.9 Å². The monoisotopic (exact) mass is 223 g/mol. The van der Waals surface area contributed by atoms with Crippen molar-refractivity contribution >= 4 is 5.69 Å². The van der Waals surface area contributed by atoms with Gasteiger partial charge in [-0.1, -0.05) is 6.92 Å². The van der Waals surface area contributed by atoms with Crippen LogP contribution >= 0.6 is 0 Å². The molecule has 16 heavy (non-hydrogen) atoms. The zero-order valence-corrected chi connectivity index (χ0v) is 10.2. The molecular weight excluding hydrogens is 202 g/mol. The molecule has 1 atom stereocenters. The molecule has 0 aromatic carbocycles. The summed E-state index contributed by atoms with van der Waals surface area (Å²) < 4.78 is 7.35. The maximum Gasteiger partial charge on any atom is 0.0853 e. The Balaban J connectivity index is 2.01. The van der Waals surface area contributed by atoms with E-state index in [-0.39, 0.29) is 0 Å². The summed E-state index contributed by atoms with van der Waals surface area (Å²) in [5.74, 6) is 0. The van der Waals surface area contributed by atoms with E-state index in [1.54, 1.807) is 0 Å². The average Bonchev–Trinajstić information content (AvgIpc) is 2.49. The number of aryl methyl sites for hydroxylation is 2. The highest BCUT2D eigenvalue weighted by molar-refractivity contribution is 5.47. The van der Waals surface area contributed by atoms with Crippen molar-refractivity contribution in [2.75, 3.05) is 18.5 Å². The molecule has 0 saturated carbocycles. The number of nitrogens with zero attached hydrogens (tertiary/aromatic N) is 2. The highest BCUT2D eigenvalue weighted by Crippen LogP contribution is 2.19. The molecule has 1 fully saturated rings. The number of ether oxygens (including phenoxy) is 1. The summed E-state index contributed by atoms with van der Waals surface area (Å²) in [6.07, 6.45) is 6.49. The summed E-state index contributed by atoms with van der Waals surface area (Å²) in [5.41, 5.74) is 2.35. The van der Waals surface area contributed by atoms with E-state index in [0.717, 1.165) is 38.2 Å². The Hall–Kier alpha value is -1.03. The first kappa shape index (κ1) is 11.5. The van der Waals surface area contributed by atoms with Gasteiger partial charge < -0.3 is 10.1 Å². The van der Waals surface area contributed by atoms with Crippen molar-refractivity contribution in [1.82, 2.24) is 9.78 Å². The van der Waals surface area contributed by atoms with Crippen LogP contribution < -0.4 is 5.32 Å². The first-order valence-electron chi connectivity index (χ1n) is 6.16. The van der Waals surface area contributed by atoms with E-state index in [1.165, 1.54) is 12.1 Å². The molecule has 1 aromatic rings. The second-order valence-electron chi connectivity index (χ2n) is 4.40. The second kappa shape index (κ2) is 5.34. The Morgan fingerprint density at radius 1 is 1.50 bits per heavy atom. The Bertz CT molecular complexity index is 327. The molecule has 2 heterocycles. The molecule has 0 aliphatic carbocycles. The van der Waals surface area contributed by atoms with E-state index in [1.807, 2.05) is 11.7 Å². The Kier molecular flexibility index (Phi) is 3.83. The van der Waals surface area contributed by atoms with Gasteiger partial charge in [0, 0.05) is 32.5 Å². The fraction of sp³-hybridized carbons (Fsp3) is 0.750. The number of hydrogen-bond donors (Lipinski definition) is 1. The molecule has 1 unspecified atom stereocenters. The number of aromatic nitrogens is 2. The predicted octanol–water partition coefficient (Wildman–Crippen LogP) is 1.96. The summed E-state index contributed by atoms with van der Waals surface area (Å²) in [6.45, 7) is 3.93. The van der Waals surface area contributed by atoms with Crippen molar-refractivity contribution in [2.24, 2.45) is 7.05 Å². The van der Waals surface area contributed by atoms with Crippen LogP contribution in [-0.2, 0) is 18.2 Å². The van der Waals surface area contributed by atoms with E-state index >= 15 is 0 Å². The molecule has 1 saturated heterocycles. The van der Waals surface area contributed by atoms with Crippen LogP contribution in [0.15, 0.2) is 6.20 Å². The van der Waals surface area contributed by atoms with Crippen LogP contribution in [0.5, 0.6) is 0 Å². The van der Waals surface area contributed by atoms with Crippen LogP contribution in [0.4, 0.5) is 5.69 Å². The third-order valence-electron chi connectivity index (χ3n) is 3.05. The van der Waals surface area contributed by atoms with Gasteiger partial charge in [-0.15, -0.1) is 0 Å². The number of rotatable bonds is 3. The van der Waals surface area contributed by atoms with Crippen LogP contribution in [0, 0.1) is 0 Å². The molecule has 0 bridgehead atoms. The summed E-state index contributed by atoms with van der Waals surface area (Å²) in [7, 11) is 1.97. The highest BCUT2D eigenvalue weighted by Gasteiger charge is 2.14. The Morgan fingerprint density at radius 2 is 2.38 bits per heavy atom. The third kappa shape index (κ3) is 2.76. The van der Waals surface area contributed by atoms with Gasteiger partial charge in [0.2, 0.25) is 0 Å². The molecule has 1 aromatic heterocycles. The lowest BCUT2D eigenvalue weighted by Crippen LogP contribution is -2.19. The van der Waals surface area contributed by atoms with Gasteiger partial charge in [0.25, 0.3) is 0 Å². The topological polar surface area (TPSA) is 39.1 Å². The van der Waals surface area contributed by atoms with Crippen LogP contribution in [0.25, 0.3) is 0 Å². The molecule has 90 valence electrons. The van der Waals surface area contributed by atoms with Crippen molar-refractivity contribution in [3.63, 3.8) is 0 Å². The molecular formula is C12H21N3O. The largest absolute Gasteiger partial charge is 0.381 e. The minimum atomic E-state index is 0.539. The molecule has 4 heteroatoms. The van der Waals surface area contributed by atoms with E-state index in [2.05, 4.69) is 23.5 Å². The summed E-state index contributed by atoms with van der Waals surface area (Å²) in [5, 5.41) is 8.04. The standard InChI is InChI=1S/C12H21N3O/c1-3-11-12(9-15(2)14-11)13-10-5-4-7-16-8-6-10/h9-10,13H,3-8H2,1-2H3. The lowest BCUT2D eigenvalue weighted by atomic mass is 10.1. The van der Waals surface area contributed by atoms with Gasteiger partial charge in [-0.3, -0.25) is 4.68 Å². The Morgan fingerprint density at radius 3 is 3.19 bits per heavy atom. The number of anilines is 1. The molecule has 4 nitrogen and oxygen atoms in total. The smallest absolute Gasteiger partial charge is 0.0853 e. The summed E-state index contributed by atoms with van der Waals surface area (Å²) >= 11 is 0. The first-order chi connectivity index (χ1) is 7.79.